The molecule has 102 valence electrons. The van der Waals surface area contributed by atoms with Crippen LogP contribution in [0, 0.1) is 0 Å². The Morgan fingerprint density at radius 2 is 2.21 bits per heavy atom. The summed E-state index contributed by atoms with van der Waals surface area (Å²) in [5.74, 6) is -0.374. The standard InChI is InChI=1S/C12H14ClN3O2S/c1-2-6-15-12(18)16-10(17)7-19-11-8(13)4-3-5-9(11)14/h2-5H,1,6-7,14H2,(H2,15,16,17,18). The van der Waals surface area contributed by atoms with Gasteiger partial charge in [-0.2, -0.15) is 0 Å². The van der Waals surface area contributed by atoms with Crippen molar-refractivity contribution in [2.75, 3.05) is 18.0 Å². The molecule has 0 aliphatic carbocycles. The molecule has 0 saturated carbocycles. The summed E-state index contributed by atoms with van der Waals surface area (Å²) in [5.41, 5.74) is 6.25. The zero-order chi connectivity index (χ0) is 14.3. The summed E-state index contributed by atoms with van der Waals surface area (Å²) >= 11 is 7.14. The van der Waals surface area contributed by atoms with Gasteiger partial charge in [-0.25, -0.2) is 4.79 Å². The van der Waals surface area contributed by atoms with Crippen LogP contribution >= 0.6 is 23.4 Å². The lowest BCUT2D eigenvalue weighted by Gasteiger charge is -2.08. The number of carbonyl (C=O) groups excluding carboxylic acids is 2. The Hall–Kier alpha value is -1.66. The molecule has 0 radical (unpaired) electrons. The third-order valence-electron chi connectivity index (χ3n) is 2.00. The number of nitrogens with one attached hydrogen (secondary N) is 2. The van der Waals surface area contributed by atoms with E-state index in [-0.39, 0.29) is 5.75 Å². The average Bonchev–Trinajstić information content (AvgIpc) is 2.35. The zero-order valence-corrected chi connectivity index (χ0v) is 11.7. The lowest BCUT2D eigenvalue weighted by molar-refractivity contribution is -0.117. The van der Waals surface area contributed by atoms with Crippen molar-refractivity contribution in [2.45, 2.75) is 4.90 Å². The van der Waals surface area contributed by atoms with E-state index in [1.165, 1.54) is 17.8 Å². The fraction of sp³-hybridized carbons (Fsp3) is 0.167. The van der Waals surface area contributed by atoms with Gasteiger partial charge in [0.05, 0.1) is 10.8 Å². The van der Waals surface area contributed by atoms with Crippen LogP contribution in [0.25, 0.3) is 0 Å². The van der Waals surface area contributed by atoms with Gasteiger partial charge in [-0.15, -0.1) is 18.3 Å². The van der Waals surface area contributed by atoms with Gasteiger partial charge in [-0.3, -0.25) is 10.1 Å². The van der Waals surface area contributed by atoms with Gasteiger partial charge in [-0.05, 0) is 12.1 Å². The Balaban J connectivity index is 2.46. The van der Waals surface area contributed by atoms with E-state index in [1.54, 1.807) is 18.2 Å². The first-order valence-corrected chi connectivity index (χ1v) is 6.76. The Morgan fingerprint density at radius 1 is 1.47 bits per heavy atom. The van der Waals surface area contributed by atoms with Gasteiger partial charge in [0.15, 0.2) is 0 Å². The van der Waals surface area contributed by atoms with Gasteiger partial charge in [0, 0.05) is 17.1 Å². The van der Waals surface area contributed by atoms with E-state index in [9.17, 15) is 9.59 Å². The summed E-state index contributed by atoms with van der Waals surface area (Å²) in [5, 5.41) is 5.10. The number of urea groups is 1. The van der Waals surface area contributed by atoms with Crippen molar-refractivity contribution in [3.05, 3.63) is 35.9 Å². The number of amides is 3. The molecular formula is C12H14ClN3O2S. The van der Waals surface area contributed by atoms with E-state index < -0.39 is 11.9 Å². The Kier molecular flexibility index (Phi) is 6.24. The van der Waals surface area contributed by atoms with E-state index in [0.29, 0.717) is 22.2 Å². The molecule has 0 aliphatic rings. The molecule has 0 spiro atoms. The molecule has 1 aromatic carbocycles. The highest BCUT2D eigenvalue weighted by Gasteiger charge is 2.10. The first-order chi connectivity index (χ1) is 9.04. The smallest absolute Gasteiger partial charge is 0.321 e. The molecule has 1 rings (SSSR count). The second-order valence-corrected chi connectivity index (χ2v) is 4.89. The van der Waals surface area contributed by atoms with Gasteiger partial charge in [0.2, 0.25) is 5.91 Å². The summed E-state index contributed by atoms with van der Waals surface area (Å²) < 4.78 is 0. The summed E-state index contributed by atoms with van der Waals surface area (Å²) in [7, 11) is 0. The fourth-order valence-electron chi connectivity index (χ4n) is 1.19. The number of hydrogen-bond acceptors (Lipinski definition) is 4. The maximum absolute atomic E-state index is 11.5. The summed E-state index contributed by atoms with van der Waals surface area (Å²) in [6.45, 7) is 3.74. The van der Waals surface area contributed by atoms with Crippen LogP contribution in [-0.4, -0.2) is 24.2 Å². The average molecular weight is 300 g/mol. The molecule has 1 aromatic rings. The van der Waals surface area contributed by atoms with E-state index in [1.807, 2.05) is 0 Å². The lowest BCUT2D eigenvalue weighted by Crippen LogP contribution is -2.40. The predicted molar refractivity (Wildman–Crippen MR) is 78.3 cm³/mol. The molecule has 0 fully saturated rings. The summed E-state index contributed by atoms with van der Waals surface area (Å²) in [4.78, 5) is 23.3. The van der Waals surface area contributed by atoms with Crippen LogP contribution in [0.2, 0.25) is 5.02 Å². The molecular weight excluding hydrogens is 286 g/mol. The first kappa shape index (κ1) is 15.4. The Morgan fingerprint density at radius 3 is 2.84 bits per heavy atom. The molecule has 0 unspecified atom stereocenters. The van der Waals surface area contributed by atoms with E-state index >= 15 is 0 Å². The maximum atomic E-state index is 11.5. The summed E-state index contributed by atoms with van der Waals surface area (Å²) in [6.07, 6.45) is 1.52. The van der Waals surface area contributed by atoms with Crippen molar-refractivity contribution >= 4 is 41.0 Å². The van der Waals surface area contributed by atoms with Crippen LogP contribution in [0.1, 0.15) is 0 Å². The molecule has 0 heterocycles. The molecule has 0 aromatic heterocycles. The molecule has 19 heavy (non-hydrogen) atoms. The monoisotopic (exact) mass is 299 g/mol. The second kappa shape index (κ2) is 7.70. The SMILES string of the molecule is C=CCNC(=O)NC(=O)CSc1c(N)cccc1Cl. The quantitative estimate of drug-likeness (QED) is 0.441. The van der Waals surface area contributed by atoms with Crippen molar-refractivity contribution < 1.29 is 9.59 Å². The molecule has 3 amide bonds. The minimum absolute atomic E-state index is 0.0510. The highest BCUT2D eigenvalue weighted by molar-refractivity contribution is 8.00. The highest BCUT2D eigenvalue weighted by Crippen LogP contribution is 2.32. The van der Waals surface area contributed by atoms with Crippen molar-refractivity contribution in [3.8, 4) is 0 Å². The minimum Gasteiger partial charge on any atom is -0.398 e. The number of benzene rings is 1. The molecule has 0 bridgehead atoms. The van der Waals surface area contributed by atoms with Crippen LogP contribution in [0.5, 0.6) is 0 Å². The van der Waals surface area contributed by atoms with E-state index in [4.69, 9.17) is 17.3 Å². The van der Waals surface area contributed by atoms with Crippen molar-refractivity contribution in [3.63, 3.8) is 0 Å². The van der Waals surface area contributed by atoms with Crippen LogP contribution in [0.4, 0.5) is 10.5 Å². The molecule has 0 atom stereocenters. The third-order valence-corrected chi connectivity index (χ3v) is 3.58. The maximum Gasteiger partial charge on any atom is 0.321 e. The topological polar surface area (TPSA) is 84.2 Å². The van der Waals surface area contributed by atoms with Crippen LogP contribution in [0.3, 0.4) is 0 Å². The van der Waals surface area contributed by atoms with Crippen LogP contribution < -0.4 is 16.4 Å². The van der Waals surface area contributed by atoms with Gasteiger partial charge in [0.1, 0.15) is 0 Å². The number of anilines is 1. The molecule has 5 nitrogen and oxygen atoms in total. The van der Waals surface area contributed by atoms with Crippen LogP contribution in [0.15, 0.2) is 35.7 Å². The first-order valence-electron chi connectivity index (χ1n) is 5.40. The number of carbonyl (C=O) groups is 2. The minimum atomic E-state index is -0.558. The predicted octanol–water partition coefficient (Wildman–Crippen LogP) is 2.03. The van der Waals surface area contributed by atoms with Gasteiger partial charge < -0.3 is 11.1 Å². The third kappa shape index (κ3) is 5.23. The number of thioether (sulfide) groups is 1. The molecule has 4 N–H and O–H groups in total. The summed E-state index contributed by atoms with van der Waals surface area (Å²) in [6, 6.07) is 4.56. The van der Waals surface area contributed by atoms with Gasteiger partial charge in [-0.1, -0.05) is 23.7 Å². The van der Waals surface area contributed by atoms with Crippen molar-refractivity contribution in [1.29, 1.82) is 0 Å². The molecule has 0 saturated heterocycles. The highest BCUT2D eigenvalue weighted by atomic mass is 35.5. The second-order valence-electron chi connectivity index (χ2n) is 3.49. The Bertz CT molecular complexity index is 474. The van der Waals surface area contributed by atoms with Crippen molar-refractivity contribution in [2.24, 2.45) is 0 Å². The van der Waals surface area contributed by atoms with Crippen LogP contribution in [-0.2, 0) is 4.79 Å². The number of nitrogens with two attached hydrogens (primary N) is 1. The largest absolute Gasteiger partial charge is 0.398 e. The molecule has 7 heteroatoms. The number of imide groups is 1. The van der Waals surface area contributed by atoms with Crippen molar-refractivity contribution in [1.82, 2.24) is 10.6 Å². The molecule has 0 aliphatic heterocycles. The number of halogens is 1. The fourth-order valence-corrected chi connectivity index (χ4v) is 2.32. The van der Waals surface area contributed by atoms with Gasteiger partial charge in [0.25, 0.3) is 0 Å². The lowest BCUT2D eigenvalue weighted by atomic mass is 10.3. The van der Waals surface area contributed by atoms with Gasteiger partial charge >= 0.3 is 6.03 Å². The number of hydrogen-bond donors (Lipinski definition) is 3. The van der Waals surface area contributed by atoms with E-state index in [0.717, 1.165) is 0 Å². The number of nitrogen functional groups attached to an aromatic ring is 1. The zero-order valence-electron chi connectivity index (χ0n) is 10.1. The Labute approximate surface area is 120 Å². The number of rotatable bonds is 5. The normalized spacial score (nSPS) is 9.74. The van der Waals surface area contributed by atoms with E-state index in [2.05, 4.69) is 17.2 Å².